The summed E-state index contributed by atoms with van der Waals surface area (Å²) in [6, 6.07) is 6.61. The molecule has 0 aliphatic rings. The Balaban J connectivity index is 3.35. The van der Waals surface area contributed by atoms with E-state index in [9.17, 15) is 0 Å². The van der Waals surface area contributed by atoms with Gasteiger partial charge in [0.25, 0.3) is 8.32 Å². The lowest BCUT2D eigenvalue weighted by Gasteiger charge is -2.38. The van der Waals surface area contributed by atoms with Crippen LogP contribution < -0.4 is 4.43 Å². The lowest BCUT2D eigenvalue weighted by atomic mass is 9.94. The van der Waals surface area contributed by atoms with Crippen LogP contribution in [0.1, 0.15) is 71.4 Å². The molecule has 0 heterocycles. The van der Waals surface area contributed by atoms with E-state index in [0.29, 0.717) is 11.8 Å². The predicted octanol–water partition coefficient (Wildman–Crippen LogP) is 6.32. The molecule has 0 bridgehead atoms. The molecular weight excluding hydrogens is 260 g/mol. The van der Waals surface area contributed by atoms with E-state index in [1.54, 1.807) is 0 Å². The molecule has 1 rings (SSSR count). The van der Waals surface area contributed by atoms with Gasteiger partial charge >= 0.3 is 0 Å². The van der Waals surface area contributed by atoms with Crippen molar-refractivity contribution in [1.82, 2.24) is 0 Å². The summed E-state index contributed by atoms with van der Waals surface area (Å²) in [5.74, 6) is 2.14. The molecule has 0 fully saturated rings. The highest BCUT2D eigenvalue weighted by Gasteiger charge is 2.40. The van der Waals surface area contributed by atoms with Crippen molar-refractivity contribution in [2.45, 2.75) is 78.4 Å². The third kappa shape index (κ3) is 3.66. The van der Waals surface area contributed by atoms with E-state index in [1.165, 1.54) is 11.1 Å². The van der Waals surface area contributed by atoms with Crippen LogP contribution in [-0.4, -0.2) is 8.32 Å². The van der Waals surface area contributed by atoms with Gasteiger partial charge in [-0.3, -0.25) is 0 Å². The van der Waals surface area contributed by atoms with Crippen LogP contribution in [-0.2, 0) is 0 Å². The number of hydrogen-bond donors (Lipinski definition) is 0. The first-order valence-electron chi connectivity index (χ1n) is 7.79. The zero-order valence-electron chi connectivity index (χ0n) is 14.8. The van der Waals surface area contributed by atoms with Gasteiger partial charge in [0.05, 0.1) is 0 Å². The molecule has 0 amide bonds. The largest absolute Gasteiger partial charge is 0.543 e. The smallest absolute Gasteiger partial charge is 0.250 e. The second-order valence-electron chi connectivity index (χ2n) is 7.94. The van der Waals surface area contributed by atoms with E-state index in [2.05, 4.69) is 79.8 Å². The van der Waals surface area contributed by atoms with Crippen molar-refractivity contribution in [2.24, 2.45) is 0 Å². The van der Waals surface area contributed by atoms with E-state index in [0.717, 1.165) is 5.75 Å². The van der Waals surface area contributed by atoms with E-state index in [4.69, 9.17) is 4.43 Å². The predicted molar refractivity (Wildman–Crippen MR) is 92.4 cm³/mol. The van der Waals surface area contributed by atoms with Gasteiger partial charge in [0.15, 0.2) is 0 Å². The third-order valence-electron chi connectivity index (χ3n) is 4.48. The quantitative estimate of drug-likeness (QED) is 0.590. The molecule has 0 atom stereocenters. The Morgan fingerprint density at radius 2 is 1.30 bits per heavy atom. The minimum Gasteiger partial charge on any atom is -0.543 e. The highest BCUT2D eigenvalue weighted by Crippen LogP contribution is 2.42. The van der Waals surface area contributed by atoms with Gasteiger partial charge in [0.1, 0.15) is 5.75 Å². The number of hydrogen-bond acceptors (Lipinski definition) is 1. The van der Waals surface area contributed by atoms with Crippen LogP contribution in [0.3, 0.4) is 0 Å². The van der Waals surface area contributed by atoms with Crippen molar-refractivity contribution >= 4 is 8.32 Å². The fourth-order valence-corrected chi connectivity index (χ4v) is 3.06. The first-order chi connectivity index (χ1) is 8.97. The van der Waals surface area contributed by atoms with Gasteiger partial charge in [-0.15, -0.1) is 0 Å². The monoisotopic (exact) mass is 292 g/mol. The zero-order chi connectivity index (χ0) is 15.7. The first-order valence-corrected chi connectivity index (χ1v) is 10.7. The van der Waals surface area contributed by atoms with E-state index < -0.39 is 8.32 Å². The molecule has 0 saturated heterocycles. The third-order valence-corrected chi connectivity index (χ3v) is 8.81. The van der Waals surface area contributed by atoms with Crippen LogP contribution in [0, 0.1) is 0 Å². The Bertz CT molecular complexity index is 427. The summed E-state index contributed by atoms with van der Waals surface area (Å²) in [7, 11) is -1.80. The molecule has 1 aromatic carbocycles. The molecule has 2 heteroatoms. The first kappa shape index (κ1) is 17.3. The highest BCUT2D eigenvalue weighted by atomic mass is 28.4. The summed E-state index contributed by atoms with van der Waals surface area (Å²) < 4.78 is 6.69. The van der Waals surface area contributed by atoms with Crippen molar-refractivity contribution in [3.8, 4) is 5.75 Å². The fourth-order valence-electron chi connectivity index (χ4n) is 2.01. The molecule has 0 aliphatic carbocycles. The second-order valence-corrected chi connectivity index (χ2v) is 12.7. The Hall–Kier alpha value is -0.763. The molecule has 0 spiro atoms. The van der Waals surface area contributed by atoms with Crippen LogP contribution in [0.4, 0.5) is 0 Å². The number of para-hydroxylation sites is 1. The normalized spacial score (nSPS) is 13.2. The Labute approximate surface area is 126 Å². The van der Waals surface area contributed by atoms with Gasteiger partial charge in [0, 0.05) is 0 Å². The molecule has 1 nitrogen and oxygen atoms in total. The molecule has 20 heavy (non-hydrogen) atoms. The topological polar surface area (TPSA) is 9.23 Å². The van der Waals surface area contributed by atoms with Crippen LogP contribution in [0.25, 0.3) is 0 Å². The summed E-state index contributed by atoms with van der Waals surface area (Å²) in [5, 5.41) is 0.228. The summed E-state index contributed by atoms with van der Waals surface area (Å²) in [6.45, 7) is 20.5. The minimum absolute atomic E-state index is 0.228. The Morgan fingerprint density at radius 1 is 0.900 bits per heavy atom. The van der Waals surface area contributed by atoms with Crippen molar-refractivity contribution in [2.75, 3.05) is 0 Å². The van der Waals surface area contributed by atoms with Gasteiger partial charge in [0.2, 0.25) is 0 Å². The molecule has 0 aromatic heterocycles. The Kier molecular flexibility index (Phi) is 5.12. The molecule has 1 aromatic rings. The maximum absolute atomic E-state index is 6.69. The second kappa shape index (κ2) is 5.93. The van der Waals surface area contributed by atoms with Crippen molar-refractivity contribution in [1.29, 1.82) is 0 Å². The highest BCUT2D eigenvalue weighted by molar-refractivity contribution is 6.74. The lowest BCUT2D eigenvalue weighted by Crippen LogP contribution is -2.44. The average Bonchev–Trinajstić information content (AvgIpc) is 2.26. The number of rotatable bonds is 4. The van der Waals surface area contributed by atoms with E-state index in [-0.39, 0.29) is 5.04 Å². The average molecular weight is 293 g/mol. The van der Waals surface area contributed by atoms with Crippen LogP contribution >= 0.6 is 0 Å². The summed E-state index contributed by atoms with van der Waals surface area (Å²) in [5.41, 5.74) is 2.70. The summed E-state index contributed by atoms with van der Waals surface area (Å²) in [6.07, 6.45) is 0. The standard InChI is InChI=1S/C18H32OSi/c1-13(2)15-11-10-12-16(14(3)4)17(15)19-20(8,9)18(5,6)7/h10-14H,1-9H3. The lowest BCUT2D eigenvalue weighted by molar-refractivity contribution is 0.476. The van der Waals surface area contributed by atoms with E-state index in [1.807, 2.05) is 0 Å². The van der Waals surface area contributed by atoms with Gasteiger partial charge < -0.3 is 4.43 Å². The SMILES string of the molecule is CC(C)c1cccc(C(C)C)c1O[Si](C)(C)C(C)(C)C. The fraction of sp³-hybridized carbons (Fsp3) is 0.667. The van der Waals surface area contributed by atoms with Crippen LogP contribution in [0.2, 0.25) is 18.1 Å². The summed E-state index contributed by atoms with van der Waals surface area (Å²) in [4.78, 5) is 0. The zero-order valence-corrected chi connectivity index (χ0v) is 15.8. The molecule has 0 radical (unpaired) electrons. The van der Waals surface area contributed by atoms with Crippen molar-refractivity contribution in [3.63, 3.8) is 0 Å². The van der Waals surface area contributed by atoms with Crippen LogP contribution in [0.15, 0.2) is 18.2 Å². The van der Waals surface area contributed by atoms with Gasteiger partial charge in [-0.1, -0.05) is 66.7 Å². The van der Waals surface area contributed by atoms with Crippen molar-refractivity contribution in [3.05, 3.63) is 29.3 Å². The maximum atomic E-state index is 6.69. The van der Waals surface area contributed by atoms with E-state index >= 15 is 0 Å². The van der Waals surface area contributed by atoms with Crippen molar-refractivity contribution < 1.29 is 4.43 Å². The van der Waals surface area contributed by atoms with Gasteiger partial charge in [-0.25, -0.2) is 0 Å². The molecule has 114 valence electrons. The minimum atomic E-state index is -1.80. The van der Waals surface area contributed by atoms with Crippen LogP contribution in [0.5, 0.6) is 5.75 Å². The summed E-state index contributed by atoms with van der Waals surface area (Å²) >= 11 is 0. The van der Waals surface area contributed by atoms with Gasteiger partial charge in [-0.2, -0.15) is 0 Å². The van der Waals surface area contributed by atoms with Gasteiger partial charge in [-0.05, 0) is 41.1 Å². The molecule has 0 unspecified atom stereocenters. The molecular formula is C18H32OSi. The molecule has 0 saturated carbocycles. The number of benzene rings is 1. The Morgan fingerprint density at radius 3 is 1.60 bits per heavy atom. The maximum Gasteiger partial charge on any atom is 0.250 e. The molecule has 0 aliphatic heterocycles. The molecule has 0 N–H and O–H groups in total.